The first-order chi connectivity index (χ1) is 8.29. The van der Waals surface area contributed by atoms with Crippen molar-refractivity contribution in [1.29, 1.82) is 0 Å². The van der Waals surface area contributed by atoms with Crippen LogP contribution in [0.4, 0.5) is 0 Å². The fourth-order valence-corrected chi connectivity index (χ4v) is 1.59. The first-order valence-corrected chi connectivity index (χ1v) is 5.54. The summed E-state index contributed by atoms with van der Waals surface area (Å²) in [5.41, 5.74) is 1.21. The van der Waals surface area contributed by atoms with Crippen LogP contribution in [0.1, 0.15) is 24.3 Å². The molecule has 1 atom stereocenters. The number of methoxy groups -OCH3 is 1. The molecular weight excluding hydrogens is 216 g/mol. The second-order valence-corrected chi connectivity index (χ2v) is 3.84. The number of benzene rings is 1. The number of oxazole rings is 1. The first-order valence-electron chi connectivity index (χ1n) is 5.54. The molecule has 0 saturated heterocycles. The topological polar surface area (TPSA) is 47.3 Å². The molecule has 2 aromatic rings. The average Bonchev–Trinajstić information content (AvgIpc) is 2.89. The van der Waals surface area contributed by atoms with Gasteiger partial charge < -0.3 is 14.5 Å². The summed E-state index contributed by atoms with van der Waals surface area (Å²) >= 11 is 0. The van der Waals surface area contributed by atoms with Gasteiger partial charge in [0.2, 0.25) is 0 Å². The van der Waals surface area contributed by atoms with E-state index in [1.807, 2.05) is 12.1 Å². The molecule has 2 rings (SSSR count). The number of nitrogens with zero attached hydrogens (tertiary/aromatic N) is 1. The van der Waals surface area contributed by atoms with Crippen molar-refractivity contribution >= 4 is 0 Å². The highest BCUT2D eigenvalue weighted by molar-refractivity contribution is 5.28. The number of rotatable bonds is 5. The zero-order chi connectivity index (χ0) is 12.1. The molecule has 0 radical (unpaired) electrons. The van der Waals surface area contributed by atoms with E-state index >= 15 is 0 Å². The molecule has 90 valence electrons. The Morgan fingerprint density at radius 1 is 1.35 bits per heavy atom. The Balaban J connectivity index is 1.92. The molecule has 0 fully saturated rings. The van der Waals surface area contributed by atoms with Gasteiger partial charge in [-0.3, -0.25) is 0 Å². The minimum Gasteiger partial charge on any atom is -0.497 e. The maximum atomic E-state index is 5.16. The Hall–Kier alpha value is -1.81. The second kappa shape index (κ2) is 5.50. The van der Waals surface area contributed by atoms with Crippen LogP contribution in [0.15, 0.2) is 41.3 Å². The molecule has 17 heavy (non-hydrogen) atoms. The number of aromatic nitrogens is 1. The van der Waals surface area contributed by atoms with Gasteiger partial charge in [0.15, 0.2) is 6.39 Å². The van der Waals surface area contributed by atoms with Gasteiger partial charge in [-0.25, -0.2) is 4.98 Å². The van der Waals surface area contributed by atoms with Gasteiger partial charge in [-0.2, -0.15) is 0 Å². The van der Waals surface area contributed by atoms with E-state index in [9.17, 15) is 0 Å². The summed E-state index contributed by atoms with van der Waals surface area (Å²) < 4.78 is 10.3. The Kier molecular flexibility index (Phi) is 3.77. The third kappa shape index (κ3) is 3.07. The van der Waals surface area contributed by atoms with Crippen LogP contribution in [-0.4, -0.2) is 12.1 Å². The Labute approximate surface area is 101 Å². The van der Waals surface area contributed by atoms with Crippen LogP contribution in [-0.2, 0) is 6.54 Å². The van der Waals surface area contributed by atoms with Crippen molar-refractivity contribution in [3.63, 3.8) is 0 Å². The molecule has 0 bridgehead atoms. The van der Waals surface area contributed by atoms with E-state index in [0.29, 0.717) is 6.54 Å². The molecule has 4 heteroatoms. The fraction of sp³-hybridized carbons (Fsp3) is 0.308. The lowest BCUT2D eigenvalue weighted by atomic mass is 10.1. The van der Waals surface area contributed by atoms with E-state index in [4.69, 9.17) is 9.15 Å². The molecular formula is C13H16N2O2. The third-order valence-electron chi connectivity index (χ3n) is 2.68. The van der Waals surface area contributed by atoms with Gasteiger partial charge in [-0.15, -0.1) is 0 Å². The van der Waals surface area contributed by atoms with Crippen LogP contribution in [0, 0.1) is 0 Å². The molecule has 0 saturated carbocycles. The van der Waals surface area contributed by atoms with Gasteiger partial charge in [0.25, 0.3) is 0 Å². The summed E-state index contributed by atoms with van der Waals surface area (Å²) in [7, 11) is 1.67. The number of nitrogens with one attached hydrogen (secondary N) is 1. The van der Waals surface area contributed by atoms with Crippen molar-refractivity contribution < 1.29 is 9.15 Å². The predicted molar refractivity (Wildman–Crippen MR) is 64.8 cm³/mol. The summed E-state index contributed by atoms with van der Waals surface area (Å²) in [4.78, 5) is 3.87. The van der Waals surface area contributed by atoms with Crippen molar-refractivity contribution in [2.75, 3.05) is 7.11 Å². The van der Waals surface area contributed by atoms with Crippen molar-refractivity contribution in [2.45, 2.75) is 19.5 Å². The Morgan fingerprint density at radius 2 is 2.12 bits per heavy atom. The molecule has 1 aromatic carbocycles. The van der Waals surface area contributed by atoms with Gasteiger partial charge in [-0.05, 0) is 24.6 Å². The molecule has 1 aromatic heterocycles. The number of hydrogen-bond donors (Lipinski definition) is 1. The van der Waals surface area contributed by atoms with E-state index in [2.05, 4.69) is 29.4 Å². The van der Waals surface area contributed by atoms with Gasteiger partial charge in [-0.1, -0.05) is 12.1 Å². The highest BCUT2D eigenvalue weighted by atomic mass is 16.5. The molecule has 4 nitrogen and oxygen atoms in total. The molecule has 0 amide bonds. The third-order valence-corrected chi connectivity index (χ3v) is 2.68. The second-order valence-electron chi connectivity index (χ2n) is 3.84. The largest absolute Gasteiger partial charge is 0.497 e. The van der Waals surface area contributed by atoms with E-state index in [0.717, 1.165) is 11.5 Å². The normalized spacial score (nSPS) is 12.4. The summed E-state index contributed by atoms with van der Waals surface area (Å²) in [6.07, 6.45) is 3.16. The fourth-order valence-electron chi connectivity index (χ4n) is 1.59. The molecule has 0 aliphatic rings. The lowest BCUT2D eigenvalue weighted by Gasteiger charge is -2.13. The maximum Gasteiger partial charge on any atom is 0.180 e. The summed E-state index contributed by atoms with van der Waals surface area (Å²) in [6, 6.07) is 8.28. The van der Waals surface area contributed by atoms with Crippen LogP contribution in [0.3, 0.4) is 0 Å². The highest BCUT2D eigenvalue weighted by Crippen LogP contribution is 2.17. The lowest BCUT2D eigenvalue weighted by Crippen LogP contribution is -2.17. The van der Waals surface area contributed by atoms with Crippen molar-refractivity contribution in [1.82, 2.24) is 10.3 Å². The van der Waals surface area contributed by atoms with Crippen molar-refractivity contribution in [3.8, 4) is 5.75 Å². The van der Waals surface area contributed by atoms with E-state index < -0.39 is 0 Å². The predicted octanol–water partition coefficient (Wildman–Crippen LogP) is 2.53. The first kappa shape index (κ1) is 11.7. The number of ether oxygens (including phenoxy) is 1. The van der Waals surface area contributed by atoms with Gasteiger partial charge in [0, 0.05) is 6.04 Å². The summed E-state index contributed by atoms with van der Waals surface area (Å²) in [5.74, 6) is 1.71. The molecule has 0 aliphatic carbocycles. The Bertz CT molecular complexity index is 437. The Morgan fingerprint density at radius 3 is 2.71 bits per heavy atom. The van der Waals surface area contributed by atoms with Gasteiger partial charge >= 0.3 is 0 Å². The van der Waals surface area contributed by atoms with E-state index in [1.54, 1.807) is 13.3 Å². The van der Waals surface area contributed by atoms with Crippen LogP contribution < -0.4 is 10.1 Å². The van der Waals surface area contributed by atoms with Crippen LogP contribution in [0.25, 0.3) is 0 Å². The zero-order valence-electron chi connectivity index (χ0n) is 10.0. The van der Waals surface area contributed by atoms with Crippen molar-refractivity contribution in [3.05, 3.63) is 48.2 Å². The van der Waals surface area contributed by atoms with Gasteiger partial charge in [0.1, 0.15) is 11.5 Å². The van der Waals surface area contributed by atoms with E-state index in [1.165, 1.54) is 12.0 Å². The quantitative estimate of drug-likeness (QED) is 0.860. The molecule has 0 spiro atoms. The summed E-state index contributed by atoms with van der Waals surface area (Å²) in [6.45, 7) is 2.78. The smallest absolute Gasteiger partial charge is 0.180 e. The van der Waals surface area contributed by atoms with Gasteiger partial charge in [0.05, 0.1) is 19.9 Å². The maximum absolute atomic E-state index is 5.16. The SMILES string of the molecule is COc1ccc([C@@H](C)NCc2cnco2)cc1. The molecule has 1 N–H and O–H groups in total. The van der Waals surface area contributed by atoms with Crippen LogP contribution in [0.2, 0.25) is 0 Å². The zero-order valence-corrected chi connectivity index (χ0v) is 10.0. The monoisotopic (exact) mass is 232 g/mol. The average molecular weight is 232 g/mol. The molecule has 0 unspecified atom stereocenters. The van der Waals surface area contributed by atoms with Crippen molar-refractivity contribution in [2.24, 2.45) is 0 Å². The minimum atomic E-state index is 0.256. The van der Waals surface area contributed by atoms with Crippen LogP contribution >= 0.6 is 0 Å². The number of hydrogen-bond acceptors (Lipinski definition) is 4. The minimum absolute atomic E-state index is 0.256. The van der Waals surface area contributed by atoms with E-state index in [-0.39, 0.29) is 6.04 Å². The molecule has 0 aliphatic heterocycles. The van der Waals surface area contributed by atoms with Crippen LogP contribution in [0.5, 0.6) is 5.75 Å². The highest BCUT2D eigenvalue weighted by Gasteiger charge is 2.05. The summed E-state index contributed by atoms with van der Waals surface area (Å²) in [5, 5.41) is 3.36. The standard InChI is InChI=1S/C13H16N2O2/c1-10(15-8-13-7-14-9-17-13)11-3-5-12(16-2)6-4-11/h3-7,9-10,15H,8H2,1-2H3/t10-/m1/s1. The lowest BCUT2D eigenvalue weighted by molar-refractivity contribution is 0.414. The molecule has 1 heterocycles.